The third-order valence-electron chi connectivity index (χ3n) is 11.7. The fraction of sp³-hybridized carbons (Fsp3) is 0.372. The predicted octanol–water partition coefficient (Wildman–Crippen LogP) is 4.05. The molecule has 0 saturated carbocycles. The van der Waals surface area contributed by atoms with Gasteiger partial charge < -0.3 is 25.8 Å². The Morgan fingerprint density at radius 3 is 2.36 bits per heavy atom. The number of anilines is 3. The number of carbonyl (C=O) groups is 4. The van der Waals surface area contributed by atoms with Gasteiger partial charge in [0, 0.05) is 93.2 Å². The molecule has 1 atom stereocenters. The molecule has 2 aromatic carbocycles. The van der Waals surface area contributed by atoms with Gasteiger partial charge in [0.1, 0.15) is 11.7 Å². The Morgan fingerprint density at radius 1 is 0.897 bits per heavy atom. The van der Waals surface area contributed by atoms with E-state index in [0.717, 1.165) is 98.9 Å². The molecule has 15 heteroatoms. The number of rotatable bonds is 13. The van der Waals surface area contributed by atoms with Crippen LogP contribution in [-0.4, -0.2) is 124 Å². The van der Waals surface area contributed by atoms with Crippen LogP contribution in [0.2, 0.25) is 0 Å². The second kappa shape index (κ2) is 17.1. The Balaban J connectivity index is 0.793. The van der Waals surface area contributed by atoms with Gasteiger partial charge in [-0.3, -0.25) is 39.3 Å². The lowest BCUT2D eigenvalue weighted by atomic mass is 9.89. The molecule has 1 unspecified atom stereocenters. The number of piperazine rings is 1. The highest BCUT2D eigenvalue weighted by atomic mass is 16.2. The lowest BCUT2D eigenvalue weighted by Gasteiger charge is -2.38. The molecule has 4 aliphatic heterocycles. The molecule has 0 spiro atoms. The first-order chi connectivity index (χ1) is 28.3. The van der Waals surface area contributed by atoms with E-state index in [1.54, 1.807) is 18.3 Å². The van der Waals surface area contributed by atoms with Crippen molar-refractivity contribution in [3.05, 3.63) is 96.0 Å². The summed E-state index contributed by atoms with van der Waals surface area (Å²) in [6.07, 6.45) is 10.2. The molecule has 4 aliphatic rings. The lowest BCUT2D eigenvalue weighted by Crippen LogP contribution is -2.54. The zero-order chi connectivity index (χ0) is 40.2. The van der Waals surface area contributed by atoms with Crippen LogP contribution in [-0.2, 0) is 9.59 Å². The van der Waals surface area contributed by atoms with E-state index in [1.807, 2.05) is 24.4 Å². The minimum Gasteiger partial charge on any atom is -0.404 e. The van der Waals surface area contributed by atoms with E-state index >= 15 is 0 Å². The average molecular weight is 784 g/mol. The molecule has 2 aromatic heterocycles. The normalized spacial score (nSPS) is 20.0. The Kier molecular flexibility index (Phi) is 11.4. The fourth-order valence-electron chi connectivity index (χ4n) is 8.35. The summed E-state index contributed by atoms with van der Waals surface area (Å²) >= 11 is 0. The van der Waals surface area contributed by atoms with Gasteiger partial charge in [-0.25, -0.2) is 4.98 Å². The molecule has 0 bridgehead atoms. The molecule has 3 saturated heterocycles. The number of aliphatic imine (C=N–C) groups is 1. The third-order valence-corrected chi connectivity index (χ3v) is 11.7. The SMILES string of the molecule is C=CCCN=C/C(=C\N)c1nc(Nc2ccc(C3CCN(CCN4CCN(c5ccc6c(c5)C(=O)N(C5CCC(=O)NC5=O)C6=O)CC4)CC3)cc2)nc2[nH]ccc12. The monoisotopic (exact) mass is 783 g/mol. The first kappa shape index (κ1) is 38.7. The number of amides is 4. The first-order valence-electron chi connectivity index (χ1n) is 20.1. The van der Waals surface area contributed by atoms with Gasteiger partial charge in [0.2, 0.25) is 17.8 Å². The number of aromatic nitrogens is 3. The number of fused-ring (bicyclic) bond motifs is 2. The van der Waals surface area contributed by atoms with Crippen molar-refractivity contribution in [3.8, 4) is 0 Å². The Bertz CT molecular complexity index is 2270. The summed E-state index contributed by atoms with van der Waals surface area (Å²) < 4.78 is 0. The van der Waals surface area contributed by atoms with Gasteiger partial charge in [-0.05, 0) is 86.7 Å². The van der Waals surface area contributed by atoms with Crippen LogP contribution < -0.4 is 21.3 Å². The van der Waals surface area contributed by atoms with Gasteiger partial charge in [-0.15, -0.1) is 6.58 Å². The number of nitrogens with zero attached hydrogens (tertiary/aromatic N) is 7. The third kappa shape index (κ3) is 8.13. The van der Waals surface area contributed by atoms with Crippen molar-refractivity contribution in [1.82, 2.24) is 35.0 Å². The van der Waals surface area contributed by atoms with E-state index in [1.165, 1.54) is 11.8 Å². The first-order valence-corrected chi connectivity index (χ1v) is 20.1. The topological polar surface area (TPSA) is 185 Å². The minimum atomic E-state index is -0.964. The number of allylic oxidation sites excluding steroid dienone is 1. The number of hydrogen-bond acceptors (Lipinski definition) is 12. The molecule has 0 radical (unpaired) electrons. The van der Waals surface area contributed by atoms with Crippen LogP contribution in [0.4, 0.5) is 17.3 Å². The van der Waals surface area contributed by atoms with Crippen molar-refractivity contribution in [3.63, 3.8) is 0 Å². The van der Waals surface area contributed by atoms with E-state index in [-0.39, 0.29) is 18.7 Å². The lowest BCUT2D eigenvalue weighted by molar-refractivity contribution is -0.136. The van der Waals surface area contributed by atoms with Crippen molar-refractivity contribution in [2.45, 2.75) is 44.1 Å². The van der Waals surface area contributed by atoms with Crippen LogP contribution in [0.5, 0.6) is 0 Å². The highest BCUT2D eigenvalue weighted by Gasteiger charge is 2.44. The molecular formula is C43H49N11O4. The van der Waals surface area contributed by atoms with E-state index in [4.69, 9.17) is 10.7 Å². The Hall–Kier alpha value is -6.19. The van der Waals surface area contributed by atoms with Gasteiger partial charge in [0.25, 0.3) is 11.8 Å². The summed E-state index contributed by atoms with van der Waals surface area (Å²) in [7, 11) is 0. The van der Waals surface area contributed by atoms with Gasteiger partial charge in [-0.1, -0.05) is 18.2 Å². The molecule has 4 aromatic rings. The largest absolute Gasteiger partial charge is 0.404 e. The van der Waals surface area contributed by atoms with Crippen LogP contribution in [0.3, 0.4) is 0 Å². The van der Waals surface area contributed by atoms with Crippen molar-refractivity contribution in [2.24, 2.45) is 10.7 Å². The second-order valence-electron chi connectivity index (χ2n) is 15.2. The highest BCUT2D eigenvalue weighted by Crippen LogP contribution is 2.32. The summed E-state index contributed by atoms with van der Waals surface area (Å²) in [5.41, 5.74) is 11.9. The van der Waals surface area contributed by atoms with E-state index in [2.05, 4.69) is 71.1 Å². The molecule has 58 heavy (non-hydrogen) atoms. The second-order valence-corrected chi connectivity index (χ2v) is 15.2. The zero-order valence-corrected chi connectivity index (χ0v) is 32.5. The number of carbonyl (C=O) groups excluding carboxylic acids is 4. The number of nitrogens with two attached hydrogens (primary N) is 1. The average Bonchev–Trinajstić information content (AvgIpc) is 3.82. The van der Waals surface area contributed by atoms with Gasteiger partial charge in [-0.2, -0.15) is 4.98 Å². The Labute approximate surface area is 337 Å². The van der Waals surface area contributed by atoms with Crippen LogP contribution in [0.25, 0.3) is 16.6 Å². The van der Waals surface area contributed by atoms with Crippen molar-refractivity contribution < 1.29 is 19.2 Å². The Morgan fingerprint density at radius 2 is 1.64 bits per heavy atom. The predicted molar refractivity (Wildman–Crippen MR) is 224 cm³/mol. The number of likely N-dealkylation sites (tertiary alicyclic amines) is 1. The fourth-order valence-corrected chi connectivity index (χ4v) is 8.35. The molecule has 6 heterocycles. The van der Waals surface area contributed by atoms with Crippen molar-refractivity contribution >= 4 is 63.8 Å². The van der Waals surface area contributed by atoms with E-state index in [9.17, 15) is 19.2 Å². The maximum absolute atomic E-state index is 13.3. The van der Waals surface area contributed by atoms with Crippen LogP contribution >= 0.6 is 0 Å². The number of benzene rings is 2. The number of hydrogen-bond donors (Lipinski definition) is 4. The van der Waals surface area contributed by atoms with Gasteiger partial charge in [0.05, 0.1) is 16.8 Å². The molecule has 8 rings (SSSR count). The number of aromatic amines is 1. The minimum absolute atomic E-state index is 0.0986. The summed E-state index contributed by atoms with van der Waals surface area (Å²) in [5.74, 6) is -0.958. The van der Waals surface area contributed by atoms with E-state index < -0.39 is 23.8 Å². The number of imide groups is 2. The van der Waals surface area contributed by atoms with Crippen LogP contribution in [0.1, 0.15) is 70.0 Å². The standard InChI is InChI=1S/C43H49N11O4/c1-2-3-15-45-27-30(26-44)38-34-12-16-46-39(34)50-43(49-38)47-31-6-4-28(5-7-31)29-13-17-51(18-14-29)19-20-52-21-23-53(24-22-52)32-8-9-33-35(25-32)42(58)54(41(33)57)36-10-11-37(55)48-40(36)56/h2,4-9,12,16,25-27,29,36H,1,3,10-11,13-15,17-24,44H2,(H,48,55,56)(H2,46,47,49,50)/b30-26+,45-27?. The van der Waals surface area contributed by atoms with E-state index in [0.29, 0.717) is 40.9 Å². The van der Waals surface area contributed by atoms with Crippen LogP contribution in [0.15, 0.2) is 78.6 Å². The van der Waals surface area contributed by atoms with Crippen molar-refractivity contribution in [2.75, 3.05) is 69.1 Å². The number of H-pyrrole nitrogens is 1. The highest BCUT2D eigenvalue weighted by molar-refractivity contribution is 6.23. The maximum Gasteiger partial charge on any atom is 0.262 e. The van der Waals surface area contributed by atoms with Crippen molar-refractivity contribution in [1.29, 1.82) is 0 Å². The summed E-state index contributed by atoms with van der Waals surface area (Å²) in [4.78, 5) is 76.0. The van der Waals surface area contributed by atoms with Crippen LogP contribution in [0, 0.1) is 0 Å². The molecule has 5 N–H and O–H groups in total. The summed E-state index contributed by atoms with van der Waals surface area (Å²) in [6.45, 7) is 12.0. The molecule has 300 valence electrons. The molecule has 3 fully saturated rings. The summed E-state index contributed by atoms with van der Waals surface area (Å²) in [5, 5.41) is 6.50. The zero-order valence-electron chi connectivity index (χ0n) is 32.5. The quantitative estimate of drug-likeness (QED) is 0.0664. The van der Waals surface area contributed by atoms with Gasteiger partial charge in [0.15, 0.2) is 0 Å². The summed E-state index contributed by atoms with van der Waals surface area (Å²) in [6, 6.07) is 14.9. The number of nitrogens with one attached hydrogen (secondary N) is 3. The maximum atomic E-state index is 13.3. The molecule has 0 aliphatic carbocycles. The molecule has 4 amide bonds. The molecular weight excluding hydrogens is 735 g/mol. The van der Waals surface area contributed by atoms with Gasteiger partial charge >= 0.3 is 0 Å². The smallest absolute Gasteiger partial charge is 0.262 e. The molecule has 15 nitrogen and oxygen atoms in total. The number of piperidine rings is 2.